The zero-order valence-electron chi connectivity index (χ0n) is 11.2. The molecule has 0 spiro atoms. The molecule has 0 bridgehead atoms. The number of hydrogen-bond donors (Lipinski definition) is 1. The van der Waals surface area contributed by atoms with Crippen LogP contribution in [0.25, 0.3) is 0 Å². The predicted octanol–water partition coefficient (Wildman–Crippen LogP) is 3.58. The van der Waals surface area contributed by atoms with Crippen LogP contribution in [0.1, 0.15) is 38.2 Å². The van der Waals surface area contributed by atoms with Crippen molar-refractivity contribution in [1.29, 1.82) is 0 Å². The topological polar surface area (TPSA) is 46.3 Å². The number of carbonyl (C=O) groups excluding carboxylic acids is 1. The van der Waals surface area contributed by atoms with Gasteiger partial charge in [-0.25, -0.2) is 0 Å². The lowest BCUT2D eigenvalue weighted by molar-refractivity contribution is -0.137. The average Bonchev–Trinajstić information content (AvgIpc) is 2.33. The summed E-state index contributed by atoms with van der Waals surface area (Å²) in [5, 5.41) is 0. The van der Waals surface area contributed by atoms with Crippen molar-refractivity contribution in [2.45, 2.75) is 44.3 Å². The maximum Gasteiger partial charge on any atom is 0.418 e. The number of rotatable bonds is 4. The minimum Gasteiger partial charge on any atom is -0.399 e. The van der Waals surface area contributed by atoms with Gasteiger partial charge < -0.3 is 10.6 Å². The number of hydrogen-bond acceptors (Lipinski definition) is 2. The molecule has 0 heterocycles. The summed E-state index contributed by atoms with van der Waals surface area (Å²) in [5.41, 5.74) is 4.03. The fourth-order valence-corrected chi connectivity index (χ4v) is 2.76. The van der Waals surface area contributed by atoms with Crippen molar-refractivity contribution in [2.75, 3.05) is 10.6 Å². The van der Waals surface area contributed by atoms with Gasteiger partial charge in [0.25, 0.3) is 0 Å². The van der Waals surface area contributed by atoms with Crippen LogP contribution in [0.2, 0.25) is 0 Å². The molecule has 2 rings (SSSR count). The molecule has 6 heteroatoms. The fourth-order valence-electron chi connectivity index (χ4n) is 2.76. The Hall–Kier alpha value is -1.72. The highest BCUT2D eigenvalue weighted by Gasteiger charge is 2.44. The van der Waals surface area contributed by atoms with E-state index >= 15 is 0 Å². The van der Waals surface area contributed by atoms with E-state index in [2.05, 4.69) is 0 Å². The normalized spacial score (nSPS) is 17.4. The molecule has 110 valence electrons. The number of halogens is 3. The Labute approximate surface area is 115 Å². The van der Waals surface area contributed by atoms with Gasteiger partial charge in [0.1, 0.15) is 0 Å². The monoisotopic (exact) mass is 286 g/mol. The summed E-state index contributed by atoms with van der Waals surface area (Å²) in [5.74, 6) is 0. The molecule has 1 aromatic carbocycles. The highest BCUT2D eigenvalue weighted by Crippen LogP contribution is 2.46. The maximum atomic E-state index is 13.1. The molecule has 0 saturated heterocycles. The molecule has 0 aliphatic heterocycles. The quantitative estimate of drug-likeness (QED) is 0.679. The minimum atomic E-state index is -4.54. The van der Waals surface area contributed by atoms with Crippen LogP contribution < -0.4 is 10.6 Å². The van der Waals surface area contributed by atoms with Crippen LogP contribution >= 0.6 is 0 Å². The number of alkyl halides is 3. The Morgan fingerprint density at radius 2 is 2.05 bits per heavy atom. The molecular formula is C14H17F3N2O. The van der Waals surface area contributed by atoms with Crippen LogP contribution in [0.5, 0.6) is 0 Å². The second-order valence-electron chi connectivity index (χ2n) is 5.18. The summed E-state index contributed by atoms with van der Waals surface area (Å²) < 4.78 is 39.4. The highest BCUT2D eigenvalue weighted by molar-refractivity contribution is 5.81. The smallest absolute Gasteiger partial charge is 0.399 e. The molecule has 1 aliphatic carbocycles. The Morgan fingerprint density at radius 3 is 2.45 bits per heavy atom. The SMILES string of the molecule is CCC1(N(C=O)c2ccc(N)cc2C(F)(F)F)CCC1. The Balaban J connectivity index is 2.52. The summed E-state index contributed by atoms with van der Waals surface area (Å²) in [7, 11) is 0. The predicted molar refractivity (Wildman–Crippen MR) is 71.3 cm³/mol. The molecule has 1 aliphatic rings. The zero-order valence-corrected chi connectivity index (χ0v) is 11.2. The van der Waals surface area contributed by atoms with E-state index in [-0.39, 0.29) is 11.4 Å². The van der Waals surface area contributed by atoms with Crippen LogP contribution in [0.4, 0.5) is 24.5 Å². The van der Waals surface area contributed by atoms with Crippen LogP contribution in [0, 0.1) is 0 Å². The molecular weight excluding hydrogens is 269 g/mol. The lowest BCUT2D eigenvalue weighted by atomic mass is 9.73. The van der Waals surface area contributed by atoms with Crippen LogP contribution in [-0.4, -0.2) is 11.9 Å². The van der Waals surface area contributed by atoms with Crippen LogP contribution in [0.3, 0.4) is 0 Å². The van der Waals surface area contributed by atoms with E-state index in [1.54, 1.807) is 0 Å². The Kier molecular flexibility index (Phi) is 3.67. The molecule has 1 aromatic rings. The number of nitrogens with zero attached hydrogens (tertiary/aromatic N) is 1. The molecule has 20 heavy (non-hydrogen) atoms. The van der Waals surface area contributed by atoms with Crippen molar-refractivity contribution in [1.82, 2.24) is 0 Å². The highest BCUT2D eigenvalue weighted by atomic mass is 19.4. The average molecular weight is 286 g/mol. The molecule has 0 radical (unpaired) electrons. The minimum absolute atomic E-state index is 0.0334. The number of benzene rings is 1. The van der Waals surface area contributed by atoms with E-state index in [1.165, 1.54) is 17.0 Å². The second-order valence-corrected chi connectivity index (χ2v) is 5.18. The van der Waals surface area contributed by atoms with E-state index in [4.69, 9.17) is 5.73 Å². The summed E-state index contributed by atoms with van der Waals surface area (Å²) in [6, 6.07) is 3.55. The summed E-state index contributed by atoms with van der Waals surface area (Å²) in [4.78, 5) is 12.6. The van der Waals surface area contributed by atoms with Crippen LogP contribution in [0.15, 0.2) is 18.2 Å². The summed E-state index contributed by atoms with van der Waals surface area (Å²) in [6.45, 7) is 1.89. The summed E-state index contributed by atoms with van der Waals surface area (Å²) in [6.07, 6.45) is -1.02. The molecule has 1 saturated carbocycles. The van der Waals surface area contributed by atoms with Gasteiger partial charge in [0.15, 0.2) is 0 Å². The van der Waals surface area contributed by atoms with E-state index in [1.807, 2.05) is 6.92 Å². The Morgan fingerprint density at radius 1 is 1.40 bits per heavy atom. The lowest BCUT2D eigenvalue weighted by Gasteiger charge is -2.48. The van der Waals surface area contributed by atoms with Gasteiger partial charge in [0, 0.05) is 11.2 Å². The fraction of sp³-hybridized carbons (Fsp3) is 0.500. The van der Waals surface area contributed by atoms with Crippen molar-refractivity contribution in [3.8, 4) is 0 Å². The first-order chi connectivity index (χ1) is 9.34. The van der Waals surface area contributed by atoms with Gasteiger partial charge in [-0.1, -0.05) is 6.92 Å². The largest absolute Gasteiger partial charge is 0.418 e. The molecule has 1 fully saturated rings. The van der Waals surface area contributed by atoms with Gasteiger partial charge in [0.2, 0.25) is 6.41 Å². The van der Waals surface area contributed by atoms with Crippen molar-refractivity contribution in [3.63, 3.8) is 0 Å². The van der Waals surface area contributed by atoms with Gasteiger partial charge in [-0.15, -0.1) is 0 Å². The first-order valence-corrected chi connectivity index (χ1v) is 6.55. The standard InChI is InChI=1S/C14H17F3N2O/c1-2-13(6-3-7-13)19(9-20)12-5-4-10(18)8-11(12)14(15,16)17/h4-5,8-9H,2-3,6-7,18H2,1H3. The van der Waals surface area contributed by atoms with Crippen molar-refractivity contribution < 1.29 is 18.0 Å². The number of carbonyl (C=O) groups is 1. The number of amides is 1. The summed E-state index contributed by atoms with van der Waals surface area (Å²) >= 11 is 0. The van der Waals surface area contributed by atoms with Crippen LogP contribution in [-0.2, 0) is 11.0 Å². The van der Waals surface area contributed by atoms with Gasteiger partial charge in [-0.2, -0.15) is 13.2 Å². The number of anilines is 2. The van der Waals surface area contributed by atoms with E-state index in [9.17, 15) is 18.0 Å². The van der Waals surface area contributed by atoms with Gasteiger partial charge in [0.05, 0.1) is 11.3 Å². The second kappa shape index (κ2) is 5.00. The van der Waals surface area contributed by atoms with E-state index in [0.717, 1.165) is 25.3 Å². The van der Waals surface area contributed by atoms with Crippen molar-refractivity contribution in [2.24, 2.45) is 0 Å². The number of nitrogen functional groups attached to an aromatic ring is 1. The molecule has 2 N–H and O–H groups in total. The third-order valence-corrected chi connectivity index (χ3v) is 4.14. The first kappa shape index (κ1) is 14.7. The third kappa shape index (κ3) is 2.34. The molecule has 0 atom stereocenters. The van der Waals surface area contributed by atoms with Gasteiger partial charge >= 0.3 is 6.18 Å². The van der Waals surface area contributed by atoms with E-state index < -0.39 is 17.3 Å². The molecule has 0 aromatic heterocycles. The Bertz CT molecular complexity index is 504. The van der Waals surface area contributed by atoms with Crippen molar-refractivity contribution in [3.05, 3.63) is 23.8 Å². The first-order valence-electron chi connectivity index (χ1n) is 6.55. The van der Waals surface area contributed by atoms with E-state index in [0.29, 0.717) is 12.8 Å². The van der Waals surface area contributed by atoms with Gasteiger partial charge in [-0.3, -0.25) is 4.79 Å². The molecule has 1 amide bonds. The van der Waals surface area contributed by atoms with Crippen molar-refractivity contribution >= 4 is 17.8 Å². The molecule has 0 unspecified atom stereocenters. The van der Waals surface area contributed by atoms with Gasteiger partial charge in [-0.05, 0) is 43.9 Å². The number of nitrogens with two attached hydrogens (primary N) is 1. The zero-order chi connectivity index (χ0) is 15.0. The maximum absolute atomic E-state index is 13.1. The third-order valence-electron chi connectivity index (χ3n) is 4.14. The molecule has 3 nitrogen and oxygen atoms in total. The lowest BCUT2D eigenvalue weighted by Crippen LogP contribution is -2.53.